The van der Waals surface area contributed by atoms with Gasteiger partial charge < -0.3 is 10.6 Å². The van der Waals surface area contributed by atoms with Gasteiger partial charge in [-0.15, -0.1) is 0 Å². The van der Waals surface area contributed by atoms with E-state index >= 15 is 0 Å². The van der Waals surface area contributed by atoms with E-state index in [0.717, 1.165) is 6.54 Å². The zero-order chi connectivity index (χ0) is 15.5. The summed E-state index contributed by atoms with van der Waals surface area (Å²) in [5.41, 5.74) is 0. The molecule has 0 aliphatic carbocycles. The molecule has 0 bridgehead atoms. The van der Waals surface area contributed by atoms with Crippen LogP contribution in [0.3, 0.4) is 0 Å². The quantitative estimate of drug-likeness (QED) is 0.801. The van der Waals surface area contributed by atoms with E-state index < -0.39 is 9.84 Å². The third-order valence-electron chi connectivity index (χ3n) is 4.55. The Kier molecular flexibility index (Phi) is 5.48. The maximum atomic E-state index is 11.8. The lowest BCUT2D eigenvalue weighted by molar-refractivity contribution is 0.114. The molecule has 0 saturated carbocycles. The van der Waals surface area contributed by atoms with Crippen LogP contribution in [-0.4, -0.2) is 62.1 Å². The molecular weight excluding hydrogens is 290 g/mol. The van der Waals surface area contributed by atoms with Crippen molar-refractivity contribution in [1.82, 2.24) is 15.5 Å². The van der Waals surface area contributed by atoms with Crippen molar-refractivity contribution in [2.75, 3.05) is 24.6 Å². The Morgan fingerprint density at radius 3 is 2.71 bits per heavy atom. The molecule has 0 aromatic carbocycles. The van der Waals surface area contributed by atoms with Crippen molar-refractivity contribution in [3.05, 3.63) is 0 Å². The van der Waals surface area contributed by atoms with E-state index in [1.807, 2.05) is 0 Å². The lowest BCUT2D eigenvalue weighted by atomic mass is 10.0. The summed E-state index contributed by atoms with van der Waals surface area (Å²) in [6.07, 6.45) is 4.25. The van der Waals surface area contributed by atoms with E-state index in [4.69, 9.17) is 0 Å². The number of nitrogens with one attached hydrogen (secondary N) is 2. The van der Waals surface area contributed by atoms with Gasteiger partial charge in [0.15, 0.2) is 9.84 Å². The highest BCUT2D eigenvalue weighted by atomic mass is 32.2. The van der Waals surface area contributed by atoms with Gasteiger partial charge in [0.2, 0.25) is 0 Å². The largest absolute Gasteiger partial charge is 0.337 e. The topological polar surface area (TPSA) is 78.5 Å². The fourth-order valence-electron chi connectivity index (χ4n) is 3.28. The zero-order valence-corrected chi connectivity index (χ0v) is 13.8. The van der Waals surface area contributed by atoms with Crippen LogP contribution in [-0.2, 0) is 9.84 Å². The minimum absolute atomic E-state index is 0.0686. The summed E-state index contributed by atoms with van der Waals surface area (Å²) in [6, 6.07) is 0.379. The summed E-state index contributed by atoms with van der Waals surface area (Å²) in [5.74, 6) is 0.249. The number of carbonyl (C=O) groups is 1. The van der Waals surface area contributed by atoms with Crippen LogP contribution in [0.2, 0.25) is 0 Å². The zero-order valence-electron chi connectivity index (χ0n) is 13.0. The van der Waals surface area contributed by atoms with E-state index in [9.17, 15) is 13.2 Å². The lowest BCUT2D eigenvalue weighted by Crippen LogP contribution is -2.51. The number of hydrogen-bond acceptors (Lipinski definition) is 4. The Hall–Kier alpha value is -0.820. The standard InChI is InChI=1S/C14H27N3O3S/c1-11-5-3-4-7-17(11)12(2)9-15-14(18)16-13-6-8-21(19,20)10-13/h11-13H,3-10H2,1-2H3,(H2,15,16,18). The molecule has 3 unspecified atom stereocenters. The molecular formula is C14H27N3O3S. The van der Waals surface area contributed by atoms with Crippen LogP contribution >= 0.6 is 0 Å². The Labute approximate surface area is 127 Å². The molecule has 0 radical (unpaired) electrons. The first-order chi connectivity index (χ1) is 9.87. The number of amides is 2. The second kappa shape index (κ2) is 6.96. The minimum atomic E-state index is -2.95. The van der Waals surface area contributed by atoms with Gasteiger partial charge in [-0.1, -0.05) is 6.42 Å². The normalized spacial score (nSPS) is 30.8. The SMILES string of the molecule is CC1CCCCN1C(C)CNC(=O)NC1CCS(=O)(=O)C1. The Morgan fingerprint density at radius 2 is 2.10 bits per heavy atom. The first kappa shape index (κ1) is 16.5. The summed E-state index contributed by atoms with van der Waals surface area (Å²) in [6.45, 7) is 6.05. The number of urea groups is 1. The number of nitrogens with zero attached hydrogens (tertiary/aromatic N) is 1. The predicted octanol–water partition coefficient (Wildman–Crippen LogP) is 0.736. The molecule has 2 N–H and O–H groups in total. The number of hydrogen-bond donors (Lipinski definition) is 2. The van der Waals surface area contributed by atoms with E-state index in [0.29, 0.717) is 25.0 Å². The monoisotopic (exact) mass is 317 g/mol. The van der Waals surface area contributed by atoms with Crippen molar-refractivity contribution < 1.29 is 13.2 Å². The number of likely N-dealkylation sites (tertiary alicyclic amines) is 1. The van der Waals surface area contributed by atoms with Gasteiger partial charge in [-0.25, -0.2) is 13.2 Å². The smallest absolute Gasteiger partial charge is 0.315 e. The molecule has 2 aliphatic heterocycles. The molecule has 0 aromatic heterocycles. The van der Waals surface area contributed by atoms with Crippen LogP contribution in [0.1, 0.15) is 39.5 Å². The van der Waals surface area contributed by atoms with Crippen LogP contribution in [0.4, 0.5) is 4.79 Å². The van der Waals surface area contributed by atoms with E-state index in [2.05, 4.69) is 29.4 Å². The molecule has 2 saturated heterocycles. The van der Waals surface area contributed by atoms with Crippen molar-refractivity contribution in [3.63, 3.8) is 0 Å². The molecule has 0 spiro atoms. The molecule has 6 nitrogen and oxygen atoms in total. The molecule has 122 valence electrons. The minimum Gasteiger partial charge on any atom is -0.337 e. The first-order valence-corrected chi connectivity index (χ1v) is 9.70. The van der Waals surface area contributed by atoms with Gasteiger partial charge in [0.05, 0.1) is 11.5 Å². The first-order valence-electron chi connectivity index (χ1n) is 7.88. The number of carbonyl (C=O) groups excluding carboxylic acids is 1. The van der Waals surface area contributed by atoms with E-state index in [1.165, 1.54) is 19.3 Å². The van der Waals surface area contributed by atoms with Gasteiger partial charge in [-0.3, -0.25) is 4.90 Å². The number of piperidine rings is 1. The van der Waals surface area contributed by atoms with Crippen LogP contribution in [0, 0.1) is 0 Å². The third kappa shape index (κ3) is 4.85. The molecule has 2 heterocycles. The molecule has 7 heteroatoms. The van der Waals surface area contributed by atoms with Crippen LogP contribution < -0.4 is 10.6 Å². The molecule has 2 fully saturated rings. The average molecular weight is 317 g/mol. The molecule has 3 atom stereocenters. The van der Waals surface area contributed by atoms with Gasteiger partial charge in [0.25, 0.3) is 0 Å². The highest BCUT2D eigenvalue weighted by Gasteiger charge is 2.29. The van der Waals surface area contributed by atoms with Crippen molar-refractivity contribution in [2.24, 2.45) is 0 Å². The second-order valence-electron chi connectivity index (χ2n) is 6.39. The molecule has 2 amide bonds. The van der Waals surface area contributed by atoms with Crippen molar-refractivity contribution in [1.29, 1.82) is 0 Å². The third-order valence-corrected chi connectivity index (χ3v) is 6.31. The Bertz CT molecular complexity index is 466. The van der Waals surface area contributed by atoms with E-state index in [-0.39, 0.29) is 23.6 Å². The molecule has 21 heavy (non-hydrogen) atoms. The molecule has 0 aromatic rings. The highest BCUT2D eigenvalue weighted by molar-refractivity contribution is 7.91. The lowest BCUT2D eigenvalue weighted by Gasteiger charge is -2.38. The summed E-state index contributed by atoms with van der Waals surface area (Å²) < 4.78 is 22.7. The Balaban J connectivity index is 1.71. The summed E-state index contributed by atoms with van der Waals surface area (Å²) in [5, 5.41) is 5.62. The molecule has 2 rings (SSSR count). The number of sulfone groups is 1. The van der Waals surface area contributed by atoms with Crippen molar-refractivity contribution in [3.8, 4) is 0 Å². The van der Waals surface area contributed by atoms with Crippen molar-refractivity contribution in [2.45, 2.75) is 57.7 Å². The second-order valence-corrected chi connectivity index (χ2v) is 8.61. The summed E-state index contributed by atoms with van der Waals surface area (Å²) in [7, 11) is -2.95. The Morgan fingerprint density at radius 1 is 1.33 bits per heavy atom. The maximum absolute atomic E-state index is 11.8. The van der Waals surface area contributed by atoms with E-state index in [1.54, 1.807) is 0 Å². The fourth-order valence-corrected chi connectivity index (χ4v) is 4.95. The fraction of sp³-hybridized carbons (Fsp3) is 0.929. The van der Waals surface area contributed by atoms with Crippen LogP contribution in [0.15, 0.2) is 0 Å². The molecule has 2 aliphatic rings. The van der Waals surface area contributed by atoms with Crippen LogP contribution in [0.25, 0.3) is 0 Å². The van der Waals surface area contributed by atoms with Gasteiger partial charge in [-0.05, 0) is 39.7 Å². The van der Waals surface area contributed by atoms with Crippen LogP contribution in [0.5, 0.6) is 0 Å². The highest BCUT2D eigenvalue weighted by Crippen LogP contribution is 2.18. The predicted molar refractivity (Wildman–Crippen MR) is 83.1 cm³/mol. The number of rotatable bonds is 4. The summed E-state index contributed by atoms with van der Waals surface area (Å²) >= 11 is 0. The summed E-state index contributed by atoms with van der Waals surface area (Å²) in [4.78, 5) is 14.3. The average Bonchev–Trinajstić information content (AvgIpc) is 2.75. The van der Waals surface area contributed by atoms with Gasteiger partial charge >= 0.3 is 6.03 Å². The van der Waals surface area contributed by atoms with Crippen molar-refractivity contribution >= 4 is 15.9 Å². The van der Waals surface area contributed by atoms with Gasteiger partial charge in [-0.2, -0.15) is 0 Å². The maximum Gasteiger partial charge on any atom is 0.315 e. The van der Waals surface area contributed by atoms with Gasteiger partial charge in [0, 0.05) is 24.7 Å². The van der Waals surface area contributed by atoms with Gasteiger partial charge in [0.1, 0.15) is 0 Å².